The van der Waals surface area contributed by atoms with Crippen molar-refractivity contribution < 1.29 is 4.79 Å². The summed E-state index contributed by atoms with van der Waals surface area (Å²) in [5, 5.41) is 13.3. The van der Waals surface area contributed by atoms with E-state index < -0.39 is 0 Å². The van der Waals surface area contributed by atoms with Crippen molar-refractivity contribution in [2.75, 3.05) is 31.5 Å². The smallest absolute Gasteiger partial charge is 0.322 e. The van der Waals surface area contributed by atoms with Gasteiger partial charge in [-0.2, -0.15) is 5.26 Å². The molecule has 4 rings (SSSR count). The molecule has 2 fully saturated rings. The van der Waals surface area contributed by atoms with Crippen LogP contribution in [0.2, 0.25) is 10.0 Å². The van der Waals surface area contributed by atoms with Gasteiger partial charge < -0.3 is 15.1 Å². The summed E-state index contributed by atoms with van der Waals surface area (Å²) >= 11 is 12.3. The molecule has 1 N–H and O–H groups in total. The quantitative estimate of drug-likeness (QED) is 0.450. The average molecular weight is 499 g/mol. The second-order valence-electron chi connectivity index (χ2n) is 9.43. The summed E-state index contributed by atoms with van der Waals surface area (Å²) in [5.74, 6) is 0.436. The van der Waals surface area contributed by atoms with Crippen molar-refractivity contribution in [3.05, 3.63) is 63.6 Å². The number of carbonyl (C=O) groups excluding carboxylic acids is 1. The molecule has 1 aliphatic carbocycles. The largest absolute Gasteiger partial charge is 0.322 e. The standard InChI is InChI=1S/C27H32Cl2N4O/c28-23-16-24(29)18-25(17-23)31-27(34)33(14-4-13-32-11-1-2-12-32)26-9-7-21(8-10-26)22-6-3-5-20(15-22)19-30/h3,5-6,15-18,21,26H,1-2,4,7-14H2,(H,31,34)/t21-,26-. The normalized spacial score (nSPS) is 20.6. The Kier molecular flexibility index (Phi) is 8.72. The molecule has 1 saturated heterocycles. The monoisotopic (exact) mass is 498 g/mol. The number of anilines is 1. The second-order valence-corrected chi connectivity index (χ2v) is 10.3. The number of urea groups is 1. The molecule has 0 spiro atoms. The summed E-state index contributed by atoms with van der Waals surface area (Å²) in [4.78, 5) is 17.9. The molecule has 0 atom stereocenters. The first-order valence-electron chi connectivity index (χ1n) is 12.3. The summed E-state index contributed by atoms with van der Waals surface area (Å²) in [6.07, 6.45) is 7.45. The molecule has 1 saturated carbocycles. The first kappa shape index (κ1) is 24.9. The lowest BCUT2D eigenvalue weighted by atomic mass is 9.81. The fourth-order valence-corrected chi connectivity index (χ4v) is 5.85. The maximum atomic E-state index is 13.4. The lowest BCUT2D eigenvalue weighted by Gasteiger charge is -2.37. The van der Waals surface area contributed by atoms with Crippen molar-refractivity contribution in [3.8, 4) is 6.07 Å². The molecule has 2 aromatic rings. The number of halogens is 2. The third-order valence-electron chi connectivity index (χ3n) is 7.07. The highest BCUT2D eigenvalue weighted by molar-refractivity contribution is 6.35. The number of likely N-dealkylation sites (tertiary alicyclic amines) is 1. The van der Waals surface area contributed by atoms with Gasteiger partial charge in [-0.05, 0) is 106 Å². The van der Waals surface area contributed by atoms with Crippen LogP contribution in [0.15, 0.2) is 42.5 Å². The zero-order valence-electron chi connectivity index (χ0n) is 19.5. The minimum atomic E-state index is -0.0883. The van der Waals surface area contributed by atoms with Gasteiger partial charge in [-0.25, -0.2) is 4.79 Å². The fraction of sp³-hybridized carbons (Fsp3) is 0.481. The Morgan fingerprint density at radius 2 is 1.76 bits per heavy atom. The SMILES string of the molecule is N#Cc1cccc([C@H]2CC[C@H](N(CCCN3CCCC3)C(=O)Nc3cc(Cl)cc(Cl)c3)CC2)c1. The van der Waals surface area contributed by atoms with Crippen LogP contribution >= 0.6 is 23.2 Å². The minimum Gasteiger partial charge on any atom is -0.322 e. The Labute approximate surface area is 212 Å². The predicted octanol–water partition coefficient (Wildman–Crippen LogP) is 6.91. The summed E-state index contributed by atoms with van der Waals surface area (Å²) in [6, 6.07) is 15.4. The lowest BCUT2D eigenvalue weighted by molar-refractivity contribution is 0.157. The van der Waals surface area contributed by atoms with E-state index in [4.69, 9.17) is 23.2 Å². The van der Waals surface area contributed by atoms with Crippen molar-refractivity contribution >= 4 is 34.9 Å². The molecule has 1 heterocycles. The number of amides is 2. The van der Waals surface area contributed by atoms with Gasteiger partial charge >= 0.3 is 6.03 Å². The van der Waals surface area contributed by atoms with Crippen LogP contribution < -0.4 is 5.32 Å². The van der Waals surface area contributed by atoms with E-state index in [1.807, 2.05) is 23.1 Å². The molecule has 2 aliphatic rings. The third-order valence-corrected chi connectivity index (χ3v) is 7.51. The molecule has 2 aromatic carbocycles. The van der Waals surface area contributed by atoms with Crippen molar-refractivity contribution in [1.82, 2.24) is 9.80 Å². The number of nitriles is 1. The highest BCUT2D eigenvalue weighted by Gasteiger charge is 2.30. The summed E-state index contributed by atoms with van der Waals surface area (Å²) < 4.78 is 0. The van der Waals surface area contributed by atoms with Crippen LogP contribution in [0, 0.1) is 11.3 Å². The van der Waals surface area contributed by atoms with Crippen LogP contribution in [0.3, 0.4) is 0 Å². The molecule has 0 radical (unpaired) electrons. The van der Waals surface area contributed by atoms with Crippen molar-refractivity contribution in [3.63, 3.8) is 0 Å². The van der Waals surface area contributed by atoms with Gasteiger partial charge in [0.15, 0.2) is 0 Å². The molecular formula is C27H32Cl2N4O. The Hall–Kier alpha value is -2.26. The Morgan fingerprint density at radius 1 is 1.06 bits per heavy atom. The second kappa shape index (κ2) is 11.9. The van der Waals surface area contributed by atoms with Crippen LogP contribution in [0.1, 0.15) is 62.0 Å². The zero-order valence-corrected chi connectivity index (χ0v) is 21.0. The van der Waals surface area contributed by atoms with E-state index in [-0.39, 0.29) is 12.1 Å². The van der Waals surface area contributed by atoms with Gasteiger partial charge in [0.1, 0.15) is 0 Å². The molecule has 0 aromatic heterocycles. The van der Waals surface area contributed by atoms with Gasteiger partial charge in [0.2, 0.25) is 0 Å². The molecule has 1 aliphatic heterocycles. The Morgan fingerprint density at radius 3 is 2.44 bits per heavy atom. The third kappa shape index (κ3) is 6.66. The van der Waals surface area contributed by atoms with Gasteiger partial charge in [-0.15, -0.1) is 0 Å². The molecule has 2 amide bonds. The van der Waals surface area contributed by atoms with E-state index in [2.05, 4.69) is 22.4 Å². The zero-order chi connectivity index (χ0) is 23.9. The number of hydrogen-bond acceptors (Lipinski definition) is 3. The first-order chi connectivity index (χ1) is 16.5. The Balaban J connectivity index is 1.41. The lowest BCUT2D eigenvalue weighted by Crippen LogP contribution is -2.45. The van der Waals surface area contributed by atoms with Crippen molar-refractivity contribution in [2.45, 2.75) is 56.9 Å². The highest BCUT2D eigenvalue weighted by atomic mass is 35.5. The van der Waals surface area contributed by atoms with Crippen LogP contribution in [0.4, 0.5) is 10.5 Å². The van der Waals surface area contributed by atoms with Gasteiger partial charge in [-0.1, -0.05) is 35.3 Å². The van der Waals surface area contributed by atoms with E-state index in [1.54, 1.807) is 18.2 Å². The van der Waals surface area contributed by atoms with Crippen LogP contribution in [0.5, 0.6) is 0 Å². The van der Waals surface area contributed by atoms with Gasteiger partial charge in [-0.3, -0.25) is 0 Å². The number of carbonyl (C=O) groups is 1. The molecular weight excluding hydrogens is 467 g/mol. The molecule has 5 nitrogen and oxygen atoms in total. The van der Waals surface area contributed by atoms with Crippen molar-refractivity contribution in [1.29, 1.82) is 5.26 Å². The number of hydrogen-bond donors (Lipinski definition) is 1. The van der Waals surface area contributed by atoms with E-state index in [0.29, 0.717) is 27.2 Å². The van der Waals surface area contributed by atoms with Gasteiger partial charge in [0.05, 0.1) is 11.6 Å². The number of benzene rings is 2. The van der Waals surface area contributed by atoms with Gasteiger partial charge in [0, 0.05) is 28.3 Å². The first-order valence-corrected chi connectivity index (χ1v) is 13.0. The van der Waals surface area contributed by atoms with Crippen LogP contribution in [-0.2, 0) is 0 Å². The molecule has 7 heteroatoms. The van der Waals surface area contributed by atoms with Gasteiger partial charge in [0.25, 0.3) is 0 Å². The van der Waals surface area contributed by atoms with E-state index in [9.17, 15) is 10.1 Å². The average Bonchev–Trinajstić information content (AvgIpc) is 3.35. The number of rotatable bonds is 7. The summed E-state index contributed by atoms with van der Waals surface area (Å²) in [5.41, 5.74) is 2.56. The topological polar surface area (TPSA) is 59.4 Å². The predicted molar refractivity (Wildman–Crippen MR) is 139 cm³/mol. The Bertz CT molecular complexity index is 1000. The molecule has 0 bridgehead atoms. The summed E-state index contributed by atoms with van der Waals surface area (Å²) in [7, 11) is 0. The van der Waals surface area contributed by atoms with E-state index in [1.165, 1.54) is 31.5 Å². The molecule has 180 valence electrons. The number of nitrogens with one attached hydrogen (secondary N) is 1. The maximum Gasteiger partial charge on any atom is 0.322 e. The van der Waals surface area contributed by atoms with Crippen LogP contribution in [0.25, 0.3) is 0 Å². The fourth-order valence-electron chi connectivity index (χ4n) is 5.33. The van der Waals surface area contributed by atoms with E-state index in [0.717, 1.165) is 45.2 Å². The molecule has 0 unspecified atom stereocenters. The number of nitrogens with zero attached hydrogens (tertiary/aromatic N) is 3. The minimum absolute atomic E-state index is 0.0883. The maximum absolute atomic E-state index is 13.4. The highest BCUT2D eigenvalue weighted by Crippen LogP contribution is 2.35. The van der Waals surface area contributed by atoms with E-state index >= 15 is 0 Å². The van der Waals surface area contributed by atoms with Crippen molar-refractivity contribution in [2.24, 2.45) is 0 Å². The summed E-state index contributed by atoms with van der Waals surface area (Å²) in [6.45, 7) is 4.10. The molecule has 34 heavy (non-hydrogen) atoms. The van der Waals surface area contributed by atoms with Crippen LogP contribution in [-0.4, -0.2) is 48.1 Å².